The van der Waals surface area contributed by atoms with Crippen molar-refractivity contribution >= 4 is 28.7 Å². The molecule has 7 nitrogen and oxygen atoms in total. The van der Waals surface area contributed by atoms with Crippen LogP contribution in [0, 0.1) is 6.08 Å². The number of nitrogens with zero attached hydrogens (tertiary/aromatic N) is 4. The van der Waals surface area contributed by atoms with Gasteiger partial charge in [-0.15, -0.1) is 11.8 Å². The van der Waals surface area contributed by atoms with Crippen molar-refractivity contribution < 1.29 is 14.2 Å². The summed E-state index contributed by atoms with van der Waals surface area (Å²) in [4.78, 5) is 11.1. The van der Waals surface area contributed by atoms with Gasteiger partial charge in [0.25, 0.3) is 0 Å². The Kier molecular flexibility index (Phi) is 2.80. The van der Waals surface area contributed by atoms with Gasteiger partial charge in [-0.3, -0.25) is 4.57 Å². The van der Waals surface area contributed by atoms with Crippen LogP contribution >= 0.6 is 11.8 Å². The highest BCUT2D eigenvalue weighted by Gasteiger charge is 2.28. The number of rotatable bonds is 2. The molecule has 2 aromatic rings. The number of nitrogen functional groups attached to an aromatic ring is 1. The van der Waals surface area contributed by atoms with Crippen LogP contribution in [-0.4, -0.2) is 42.4 Å². The lowest BCUT2D eigenvalue weighted by atomic mass is 10.5. The van der Waals surface area contributed by atoms with E-state index in [2.05, 4.69) is 15.0 Å². The van der Waals surface area contributed by atoms with Gasteiger partial charge in [0.1, 0.15) is 11.7 Å². The highest BCUT2D eigenvalue weighted by atomic mass is 32.2. The standard InChI is InChI=1S/C9H10FN5O2S/c10-9-13-7(11)6-8(14-9)15(3-12-6)4-2-18-5(1-16)17-4/h3-5,16H,1-2H2,(H2,11,13,14)/t4-,5-/m0/s1. The molecule has 96 valence electrons. The van der Waals surface area contributed by atoms with E-state index in [-0.39, 0.29) is 24.1 Å². The second-order valence-electron chi connectivity index (χ2n) is 3.74. The molecule has 1 saturated heterocycles. The minimum Gasteiger partial charge on any atom is -0.393 e. The number of anilines is 1. The normalized spacial score (nSPS) is 23.9. The van der Waals surface area contributed by atoms with E-state index >= 15 is 0 Å². The van der Waals surface area contributed by atoms with Crippen molar-refractivity contribution in [3.05, 3.63) is 12.4 Å². The maximum absolute atomic E-state index is 13.2. The Morgan fingerprint density at radius 1 is 1.61 bits per heavy atom. The highest BCUT2D eigenvalue weighted by Crippen LogP contribution is 2.33. The number of ether oxygens (including phenoxy) is 1. The minimum absolute atomic E-state index is 0.000563. The number of thioether (sulfide) groups is 1. The lowest BCUT2D eigenvalue weighted by molar-refractivity contribution is -0.00195. The zero-order valence-electron chi connectivity index (χ0n) is 9.15. The molecule has 3 rings (SSSR count). The van der Waals surface area contributed by atoms with Crippen LogP contribution in [0.2, 0.25) is 0 Å². The topological polar surface area (TPSA) is 99.1 Å². The first kappa shape index (κ1) is 11.6. The molecule has 0 bridgehead atoms. The van der Waals surface area contributed by atoms with Gasteiger partial charge in [0, 0.05) is 5.75 Å². The number of nitrogens with two attached hydrogens (primary N) is 1. The third-order valence-electron chi connectivity index (χ3n) is 2.61. The molecule has 0 radical (unpaired) electrons. The van der Waals surface area contributed by atoms with E-state index in [4.69, 9.17) is 15.6 Å². The summed E-state index contributed by atoms with van der Waals surface area (Å²) in [5.74, 6) is 0.628. The minimum atomic E-state index is -0.897. The molecule has 3 N–H and O–H groups in total. The summed E-state index contributed by atoms with van der Waals surface area (Å²) in [6.45, 7) is -0.0702. The number of hydrogen-bond acceptors (Lipinski definition) is 7. The molecular formula is C9H10FN5O2S. The predicted molar refractivity (Wildman–Crippen MR) is 63.1 cm³/mol. The van der Waals surface area contributed by atoms with Crippen LogP contribution < -0.4 is 5.73 Å². The molecule has 2 aromatic heterocycles. The number of aliphatic hydroxyl groups excluding tert-OH is 1. The van der Waals surface area contributed by atoms with E-state index in [1.807, 2.05) is 0 Å². The summed E-state index contributed by atoms with van der Waals surface area (Å²) in [7, 11) is 0. The van der Waals surface area contributed by atoms with Gasteiger partial charge in [0.2, 0.25) is 0 Å². The van der Waals surface area contributed by atoms with Gasteiger partial charge in [-0.25, -0.2) is 4.98 Å². The van der Waals surface area contributed by atoms with Crippen LogP contribution in [0.5, 0.6) is 0 Å². The molecule has 0 saturated carbocycles. The third-order valence-corrected chi connectivity index (χ3v) is 3.72. The van der Waals surface area contributed by atoms with E-state index in [1.54, 1.807) is 4.57 Å². The monoisotopic (exact) mass is 271 g/mol. The van der Waals surface area contributed by atoms with E-state index in [0.717, 1.165) is 0 Å². The van der Waals surface area contributed by atoms with Crippen LogP contribution in [0.15, 0.2) is 6.33 Å². The second-order valence-corrected chi connectivity index (χ2v) is 4.93. The zero-order chi connectivity index (χ0) is 12.7. The van der Waals surface area contributed by atoms with E-state index in [0.29, 0.717) is 16.9 Å². The van der Waals surface area contributed by atoms with Crippen molar-refractivity contribution in [1.29, 1.82) is 0 Å². The molecule has 3 heterocycles. The van der Waals surface area contributed by atoms with Gasteiger partial charge in [0.15, 0.2) is 17.0 Å². The number of aliphatic hydroxyl groups is 1. The Hall–Kier alpha value is -1.45. The first-order chi connectivity index (χ1) is 8.69. The molecule has 0 aliphatic carbocycles. The largest absolute Gasteiger partial charge is 0.393 e. The average molecular weight is 271 g/mol. The molecule has 9 heteroatoms. The summed E-state index contributed by atoms with van der Waals surface area (Å²) in [6.07, 6.45) is 0.247. The summed E-state index contributed by atoms with van der Waals surface area (Å²) in [6, 6.07) is 0. The van der Waals surface area contributed by atoms with Gasteiger partial charge in [-0.1, -0.05) is 0 Å². The van der Waals surface area contributed by atoms with E-state index in [9.17, 15) is 4.39 Å². The highest BCUT2D eigenvalue weighted by molar-refractivity contribution is 8.00. The molecule has 0 amide bonds. The molecule has 2 atom stereocenters. The first-order valence-electron chi connectivity index (χ1n) is 5.22. The fraction of sp³-hybridized carbons (Fsp3) is 0.444. The van der Waals surface area contributed by atoms with Crippen molar-refractivity contribution in [2.24, 2.45) is 0 Å². The number of halogens is 1. The predicted octanol–water partition coefficient (Wildman–Crippen LogP) is 0.128. The van der Waals surface area contributed by atoms with Gasteiger partial charge in [0.05, 0.1) is 12.9 Å². The van der Waals surface area contributed by atoms with Crippen LogP contribution in [0.4, 0.5) is 10.2 Å². The molecule has 18 heavy (non-hydrogen) atoms. The summed E-state index contributed by atoms with van der Waals surface area (Å²) in [5.41, 5.74) is 5.93. The van der Waals surface area contributed by atoms with E-state index < -0.39 is 6.08 Å². The Bertz CT molecular complexity index is 592. The van der Waals surface area contributed by atoms with Crippen LogP contribution in [0.3, 0.4) is 0 Å². The van der Waals surface area contributed by atoms with Gasteiger partial charge in [-0.2, -0.15) is 14.4 Å². The molecule has 1 aliphatic rings. The Morgan fingerprint density at radius 2 is 2.44 bits per heavy atom. The van der Waals surface area contributed by atoms with Crippen molar-refractivity contribution in [3.63, 3.8) is 0 Å². The fourth-order valence-electron chi connectivity index (χ4n) is 1.81. The molecule has 0 spiro atoms. The molecular weight excluding hydrogens is 261 g/mol. The lowest BCUT2D eigenvalue weighted by Crippen LogP contribution is -2.14. The first-order valence-corrected chi connectivity index (χ1v) is 6.27. The third kappa shape index (κ3) is 1.80. The zero-order valence-corrected chi connectivity index (χ0v) is 9.97. The maximum atomic E-state index is 13.2. The van der Waals surface area contributed by atoms with Crippen LogP contribution in [0.1, 0.15) is 6.23 Å². The Morgan fingerprint density at radius 3 is 3.17 bits per heavy atom. The Balaban J connectivity index is 2.03. The van der Waals surface area contributed by atoms with Crippen molar-refractivity contribution in [3.8, 4) is 0 Å². The average Bonchev–Trinajstić information content (AvgIpc) is 2.93. The fourth-order valence-corrected chi connectivity index (χ4v) is 2.74. The number of fused-ring (bicyclic) bond motifs is 1. The SMILES string of the molecule is Nc1nc(F)nc2c1ncn2[C@@H]1CS[C@@H](CO)O1. The van der Waals surface area contributed by atoms with Gasteiger partial charge in [-0.05, 0) is 0 Å². The molecule has 1 aliphatic heterocycles. The number of aromatic nitrogens is 4. The lowest BCUT2D eigenvalue weighted by Gasteiger charge is -2.12. The molecule has 1 fully saturated rings. The summed E-state index contributed by atoms with van der Waals surface area (Å²) in [5, 5.41) is 9.01. The van der Waals surface area contributed by atoms with Crippen LogP contribution in [0.25, 0.3) is 11.2 Å². The second kappa shape index (κ2) is 4.34. The molecule has 0 aromatic carbocycles. The van der Waals surface area contributed by atoms with Gasteiger partial charge < -0.3 is 15.6 Å². The Labute approximate surface area is 105 Å². The van der Waals surface area contributed by atoms with Crippen molar-refractivity contribution in [2.45, 2.75) is 11.7 Å². The smallest absolute Gasteiger partial charge is 0.312 e. The summed E-state index contributed by atoms with van der Waals surface area (Å²) < 4.78 is 20.3. The maximum Gasteiger partial charge on any atom is 0.312 e. The van der Waals surface area contributed by atoms with Crippen LogP contribution in [-0.2, 0) is 4.74 Å². The van der Waals surface area contributed by atoms with Crippen molar-refractivity contribution in [2.75, 3.05) is 18.1 Å². The number of imidazole rings is 1. The van der Waals surface area contributed by atoms with E-state index in [1.165, 1.54) is 18.1 Å². The van der Waals surface area contributed by atoms with Crippen molar-refractivity contribution in [1.82, 2.24) is 19.5 Å². The molecule has 0 unspecified atom stereocenters. The quantitative estimate of drug-likeness (QED) is 0.749. The van der Waals surface area contributed by atoms with Gasteiger partial charge >= 0.3 is 6.08 Å². The number of hydrogen-bond donors (Lipinski definition) is 2. The summed E-state index contributed by atoms with van der Waals surface area (Å²) >= 11 is 1.48.